The molecule has 0 unspecified atom stereocenters. The first-order chi connectivity index (χ1) is 20.6. The van der Waals surface area contributed by atoms with Gasteiger partial charge in [0, 0.05) is 5.41 Å². The van der Waals surface area contributed by atoms with Gasteiger partial charge in [0.15, 0.2) is 0 Å². The second kappa shape index (κ2) is 12.0. The van der Waals surface area contributed by atoms with Crippen LogP contribution in [0.3, 0.4) is 0 Å². The average molecular weight is 605 g/mol. The van der Waals surface area contributed by atoms with Gasteiger partial charge in [0.1, 0.15) is 23.0 Å². The zero-order chi connectivity index (χ0) is 33.6. The van der Waals surface area contributed by atoms with Crippen LogP contribution in [-0.4, -0.2) is 0 Å². The Morgan fingerprint density at radius 1 is 0.311 bits per heavy atom. The third kappa shape index (κ3) is 8.01. The maximum Gasteiger partial charge on any atom is 0.127 e. The fraction of sp³-hybridized carbons (Fsp3) is 0.442. The average Bonchev–Trinajstić information content (AvgIpc) is 2.91. The van der Waals surface area contributed by atoms with Gasteiger partial charge in [-0.2, -0.15) is 0 Å². The number of hydrogen-bond acceptors (Lipinski definition) is 2. The second-order valence-corrected chi connectivity index (χ2v) is 17.3. The van der Waals surface area contributed by atoms with Crippen molar-refractivity contribution in [2.45, 2.75) is 124 Å². The molecule has 2 heteroatoms. The fourth-order valence-electron chi connectivity index (χ4n) is 6.04. The molecule has 2 nitrogen and oxygen atoms in total. The minimum Gasteiger partial charge on any atom is -0.457 e. The van der Waals surface area contributed by atoms with Crippen molar-refractivity contribution in [1.82, 2.24) is 0 Å². The number of benzene rings is 4. The fourth-order valence-corrected chi connectivity index (χ4v) is 6.04. The first-order valence-electron chi connectivity index (χ1n) is 16.4. The van der Waals surface area contributed by atoms with E-state index in [1.807, 2.05) is 0 Å². The molecule has 0 heterocycles. The van der Waals surface area contributed by atoms with E-state index in [4.69, 9.17) is 9.47 Å². The Hall–Kier alpha value is -3.52. The monoisotopic (exact) mass is 604 g/mol. The Balaban J connectivity index is 1.51. The Morgan fingerprint density at radius 3 is 0.844 bits per heavy atom. The highest BCUT2D eigenvalue weighted by atomic mass is 16.5. The standard InChI is InChI=1S/C43H56O2/c1-39(2,3)35-25-23-33(27-37(35)41(7,8)9)44-31-19-15-29(16-20-31)43(13,14)30-17-21-32(22-18-30)45-34-24-26-36(40(4,5)6)38(28-34)42(10,11)12/h15-28H,1-14H3. The van der Waals surface area contributed by atoms with E-state index in [2.05, 4.69) is 182 Å². The highest BCUT2D eigenvalue weighted by molar-refractivity contribution is 5.48. The minimum atomic E-state index is -0.182. The molecule has 0 aliphatic rings. The molecule has 4 aromatic carbocycles. The van der Waals surface area contributed by atoms with Crippen LogP contribution in [0.2, 0.25) is 0 Å². The van der Waals surface area contributed by atoms with Crippen LogP contribution in [0.15, 0.2) is 84.9 Å². The molecule has 45 heavy (non-hydrogen) atoms. The molecule has 0 aliphatic carbocycles. The molecule has 240 valence electrons. The van der Waals surface area contributed by atoms with Gasteiger partial charge >= 0.3 is 0 Å². The van der Waals surface area contributed by atoms with Crippen molar-refractivity contribution in [3.8, 4) is 23.0 Å². The summed E-state index contributed by atoms with van der Waals surface area (Å²) >= 11 is 0. The highest BCUT2D eigenvalue weighted by Crippen LogP contribution is 2.40. The van der Waals surface area contributed by atoms with E-state index < -0.39 is 0 Å². The van der Waals surface area contributed by atoms with E-state index >= 15 is 0 Å². The van der Waals surface area contributed by atoms with E-state index in [1.165, 1.54) is 33.4 Å². The molecule has 0 bridgehead atoms. The third-order valence-corrected chi connectivity index (χ3v) is 8.84. The molecule has 0 amide bonds. The summed E-state index contributed by atoms with van der Waals surface area (Å²) in [7, 11) is 0. The van der Waals surface area contributed by atoms with E-state index in [0.717, 1.165) is 23.0 Å². The Morgan fingerprint density at radius 2 is 0.578 bits per heavy atom. The van der Waals surface area contributed by atoms with Crippen molar-refractivity contribution in [2.75, 3.05) is 0 Å². The van der Waals surface area contributed by atoms with Gasteiger partial charge in [-0.25, -0.2) is 0 Å². The molecule has 0 saturated carbocycles. The van der Waals surface area contributed by atoms with Crippen LogP contribution in [0.1, 0.15) is 130 Å². The normalized spacial score (nSPS) is 13.1. The number of rotatable bonds is 6. The van der Waals surface area contributed by atoms with Crippen molar-refractivity contribution in [3.05, 3.63) is 118 Å². The molecule has 0 fully saturated rings. The number of ether oxygens (including phenoxy) is 2. The quantitative estimate of drug-likeness (QED) is 0.218. The van der Waals surface area contributed by atoms with Gasteiger partial charge in [-0.1, -0.05) is 133 Å². The maximum absolute atomic E-state index is 6.37. The molecular formula is C43H56O2. The predicted octanol–water partition coefficient (Wildman–Crippen LogP) is 12.8. The van der Waals surface area contributed by atoms with Gasteiger partial charge in [0.2, 0.25) is 0 Å². The summed E-state index contributed by atoms with van der Waals surface area (Å²) in [5.74, 6) is 3.43. The molecular weight excluding hydrogens is 548 g/mol. The lowest BCUT2D eigenvalue weighted by molar-refractivity contribution is 0.472. The van der Waals surface area contributed by atoms with Crippen LogP contribution in [-0.2, 0) is 27.1 Å². The van der Waals surface area contributed by atoms with Crippen LogP contribution in [0.5, 0.6) is 23.0 Å². The van der Waals surface area contributed by atoms with Gasteiger partial charge in [0.05, 0.1) is 0 Å². The summed E-state index contributed by atoms with van der Waals surface area (Å²) in [6.07, 6.45) is 0. The van der Waals surface area contributed by atoms with E-state index in [1.54, 1.807) is 0 Å². The lowest BCUT2D eigenvalue weighted by Crippen LogP contribution is -2.21. The van der Waals surface area contributed by atoms with Crippen LogP contribution < -0.4 is 9.47 Å². The lowest BCUT2D eigenvalue weighted by atomic mass is 9.75. The first kappa shape index (κ1) is 34.4. The molecule has 0 spiro atoms. The van der Waals surface area contributed by atoms with Gasteiger partial charge < -0.3 is 9.47 Å². The van der Waals surface area contributed by atoms with Gasteiger partial charge in [-0.05, 0) is 104 Å². The smallest absolute Gasteiger partial charge is 0.127 e. The Bertz CT molecular complexity index is 1490. The molecule has 0 N–H and O–H groups in total. The summed E-state index contributed by atoms with van der Waals surface area (Å²) in [6.45, 7) is 31.8. The number of hydrogen-bond donors (Lipinski definition) is 0. The van der Waals surface area contributed by atoms with E-state index in [-0.39, 0.29) is 27.1 Å². The zero-order valence-electron chi connectivity index (χ0n) is 30.4. The molecule has 0 atom stereocenters. The van der Waals surface area contributed by atoms with Crippen LogP contribution >= 0.6 is 0 Å². The highest BCUT2D eigenvalue weighted by Gasteiger charge is 2.28. The zero-order valence-corrected chi connectivity index (χ0v) is 30.4. The SMILES string of the molecule is CC(C)(C)c1ccc(Oc2ccc(C(C)(C)c3ccc(Oc4ccc(C(C)(C)C)c(C(C)(C)C)c4)cc3)cc2)cc1C(C)(C)C. The van der Waals surface area contributed by atoms with Gasteiger partial charge in [-0.3, -0.25) is 0 Å². The lowest BCUT2D eigenvalue weighted by Gasteiger charge is -2.30. The van der Waals surface area contributed by atoms with E-state index in [9.17, 15) is 0 Å². The summed E-state index contributed by atoms with van der Waals surface area (Å²) in [4.78, 5) is 0. The van der Waals surface area contributed by atoms with Crippen molar-refractivity contribution >= 4 is 0 Å². The summed E-state index contributed by atoms with van der Waals surface area (Å²) in [6, 6.07) is 30.1. The largest absolute Gasteiger partial charge is 0.457 e. The third-order valence-electron chi connectivity index (χ3n) is 8.84. The Kier molecular flexibility index (Phi) is 9.17. The molecule has 0 radical (unpaired) electrons. The van der Waals surface area contributed by atoms with Crippen molar-refractivity contribution in [3.63, 3.8) is 0 Å². The summed E-state index contributed by atoms with van der Waals surface area (Å²) in [5.41, 5.74) is 7.88. The second-order valence-electron chi connectivity index (χ2n) is 17.3. The van der Waals surface area contributed by atoms with Crippen molar-refractivity contribution in [2.24, 2.45) is 0 Å². The van der Waals surface area contributed by atoms with Crippen LogP contribution in [0.25, 0.3) is 0 Å². The molecule has 0 saturated heterocycles. The molecule has 4 aromatic rings. The minimum absolute atomic E-state index is 0.0305. The van der Waals surface area contributed by atoms with Crippen molar-refractivity contribution < 1.29 is 9.47 Å². The Labute approximate surface area is 274 Å². The van der Waals surface area contributed by atoms with Gasteiger partial charge in [0.25, 0.3) is 0 Å². The van der Waals surface area contributed by atoms with E-state index in [0.29, 0.717) is 0 Å². The summed E-state index contributed by atoms with van der Waals surface area (Å²) in [5, 5.41) is 0. The molecule has 0 aliphatic heterocycles. The summed E-state index contributed by atoms with van der Waals surface area (Å²) < 4.78 is 12.7. The van der Waals surface area contributed by atoms with Gasteiger partial charge in [-0.15, -0.1) is 0 Å². The maximum atomic E-state index is 6.37. The predicted molar refractivity (Wildman–Crippen MR) is 193 cm³/mol. The molecule has 0 aromatic heterocycles. The first-order valence-corrected chi connectivity index (χ1v) is 16.4. The topological polar surface area (TPSA) is 18.5 Å². The van der Waals surface area contributed by atoms with Crippen LogP contribution in [0.4, 0.5) is 0 Å². The van der Waals surface area contributed by atoms with Crippen molar-refractivity contribution in [1.29, 1.82) is 0 Å². The molecule has 4 rings (SSSR count). The van der Waals surface area contributed by atoms with Crippen LogP contribution in [0, 0.1) is 0 Å².